The monoisotopic (exact) mass is 440 g/mol. The standard InChI is InChI=1S/C24H24N8O/c1-17-25-11-14-32(17)23-15-21(26-16-27-23)28-24(33)19-9-12-31(13-10-19)22-8-7-20(29-30-22)18-5-3-2-4-6-18/h2-8,11,14-16,19H,9-10,12-13H2,1H3,(H,26,27,28,33). The number of nitrogens with one attached hydrogen (secondary N) is 1. The first kappa shape index (κ1) is 20.7. The molecule has 0 saturated carbocycles. The van der Waals surface area contributed by atoms with Crippen molar-refractivity contribution in [3.63, 3.8) is 0 Å². The largest absolute Gasteiger partial charge is 0.355 e. The van der Waals surface area contributed by atoms with Gasteiger partial charge in [0.1, 0.15) is 23.8 Å². The SMILES string of the molecule is Cc1nccn1-c1cc(NC(=O)C2CCN(c3ccc(-c4ccccc4)nn3)CC2)ncn1. The number of carbonyl (C=O) groups excluding carboxylic acids is 1. The van der Waals surface area contributed by atoms with Gasteiger partial charge in [-0.1, -0.05) is 30.3 Å². The minimum atomic E-state index is -0.0776. The molecule has 4 aromatic rings. The third-order valence-electron chi connectivity index (χ3n) is 5.89. The fourth-order valence-corrected chi connectivity index (χ4v) is 4.02. The highest BCUT2D eigenvalue weighted by atomic mass is 16.2. The second kappa shape index (κ2) is 9.15. The van der Waals surface area contributed by atoms with E-state index in [1.807, 2.05) is 60.2 Å². The van der Waals surface area contributed by atoms with Crippen molar-refractivity contribution in [3.8, 4) is 17.1 Å². The lowest BCUT2D eigenvalue weighted by molar-refractivity contribution is -0.120. The average Bonchev–Trinajstić information content (AvgIpc) is 3.31. The maximum Gasteiger partial charge on any atom is 0.228 e. The number of benzene rings is 1. The zero-order chi connectivity index (χ0) is 22.6. The molecule has 0 aliphatic carbocycles. The van der Waals surface area contributed by atoms with Gasteiger partial charge in [0, 0.05) is 43.0 Å². The van der Waals surface area contributed by atoms with Crippen LogP contribution in [0.2, 0.25) is 0 Å². The fourth-order valence-electron chi connectivity index (χ4n) is 4.02. The van der Waals surface area contributed by atoms with Gasteiger partial charge >= 0.3 is 0 Å². The highest BCUT2D eigenvalue weighted by Crippen LogP contribution is 2.24. The highest BCUT2D eigenvalue weighted by Gasteiger charge is 2.26. The number of nitrogens with zero attached hydrogens (tertiary/aromatic N) is 7. The molecule has 1 aliphatic heterocycles. The molecule has 1 N–H and O–H groups in total. The van der Waals surface area contributed by atoms with Gasteiger partial charge in [0.05, 0.1) is 5.69 Å². The number of amides is 1. The molecule has 3 aromatic heterocycles. The first-order valence-electron chi connectivity index (χ1n) is 10.9. The van der Waals surface area contributed by atoms with Crippen molar-refractivity contribution in [2.75, 3.05) is 23.3 Å². The molecule has 0 unspecified atom stereocenters. The van der Waals surface area contributed by atoms with E-state index in [9.17, 15) is 4.79 Å². The Morgan fingerprint density at radius 2 is 1.79 bits per heavy atom. The Morgan fingerprint density at radius 1 is 0.970 bits per heavy atom. The molecule has 1 saturated heterocycles. The molecule has 1 aromatic carbocycles. The van der Waals surface area contributed by atoms with Crippen molar-refractivity contribution >= 4 is 17.5 Å². The van der Waals surface area contributed by atoms with E-state index in [4.69, 9.17) is 0 Å². The van der Waals surface area contributed by atoms with Crippen LogP contribution in [0, 0.1) is 12.8 Å². The van der Waals surface area contributed by atoms with Gasteiger partial charge in [-0.15, -0.1) is 10.2 Å². The third kappa shape index (κ3) is 4.57. The van der Waals surface area contributed by atoms with Gasteiger partial charge in [-0.2, -0.15) is 0 Å². The molecule has 1 fully saturated rings. The molecule has 0 spiro atoms. The number of carbonyl (C=O) groups is 1. The average molecular weight is 441 g/mol. The molecule has 1 amide bonds. The summed E-state index contributed by atoms with van der Waals surface area (Å²) in [6, 6.07) is 15.7. The van der Waals surface area contributed by atoms with Crippen LogP contribution < -0.4 is 10.2 Å². The Labute approximate surface area is 191 Å². The molecule has 9 heteroatoms. The van der Waals surface area contributed by atoms with Gasteiger partial charge in [-0.3, -0.25) is 9.36 Å². The van der Waals surface area contributed by atoms with Crippen molar-refractivity contribution in [2.45, 2.75) is 19.8 Å². The summed E-state index contributed by atoms with van der Waals surface area (Å²) in [5.41, 5.74) is 1.90. The zero-order valence-corrected chi connectivity index (χ0v) is 18.3. The summed E-state index contributed by atoms with van der Waals surface area (Å²) >= 11 is 0. The van der Waals surface area contributed by atoms with E-state index in [0.717, 1.165) is 48.8 Å². The lowest BCUT2D eigenvalue weighted by Gasteiger charge is -2.31. The van der Waals surface area contributed by atoms with Crippen LogP contribution in [0.4, 0.5) is 11.6 Å². The normalized spacial score (nSPS) is 14.3. The Hall–Kier alpha value is -4.14. The molecule has 5 rings (SSSR count). The van der Waals surface area contributed by atoms with Crippen LogP contribution in [-0.2, 0) is 4.79 Å². The van der Waals surface area contributed by atoms with Crippen LogP contribution in [0.15, 0.2) is 67.3 Å². The van der Waals surface area contributed by atoms with Gasteiger partial charge < -0.3 is 10.2 Å². The van der Waals surface area contributed by atoms with Crippen molar-refractivity contribution in [1.29, 1.82) is 0 Å². The van der Waals surface area contributed by atoms with Gasteiger partial charge in [0.2, 0.25) is 5.91 Å². The molecule has 0 bridgehead atoms. The molecule has 166 valence electrons. The molecule has 4 heterocycles. The number of hydrogen-bond donors (Lipinski definition) is 1. The summed E-state index contributed by atoms with van der Waals surface area (Å²) in [5, 5.41) is 11.7. The minimum Gasteiger partial charge on any atom is -0.355 e. The van der Waals surface area contributed by atoms with Crippen LogP contribution in [0.1, 0.15) is 18.7 Å². The van der Waals surface area contributed by atoms with Crippen LogP contribution in [-0.4, -0.2) is 48.7 Å². The molecule has 0 radical (unpaired) electrons. The number of aromatic nitrogens is 6. The van der Waals surface area contributed by atoms with E-state index >= 15 is 0 Å². The molecular weight excluding hydrogens is 416 g/mol. The first-order valence-corrected chi connectivity index (χ1v) is 10.9. The van der Waals surface area contributed by atoms with Gasteiger partial charge in [0.25, 0.3) is 0 Å². The number of rotatable bonds is 5. The van der Waals surface area contributed by atoms with Gasteiger partial charge in [-0.05, 0) is 31.9 Å². The van der Waals surface area contributed by atoms with E-state index in [-0.39, 0.29) is 11.8 Å². The van der Waals surface area contributed by atoms with E-state index in [2.05, 4.69) is 35.4 Å². The Morgan fingerprint density at radius 3 is 2.48 bits per heavy atom. The summed E-state index contributed by atoms with van der Waals surface area (Å²) in [6.07, 6.45) is 6.47. The summed E-state index contributed by atoms with van der Waals surface area (Å²) in [5.74, 6) is 2.71. The van der Waals surface area contributed by atoms with E-state index < -0.39 is 0 Å². The summed E-state index contributed by atoms with van der Waals surface area (Å²) < 4.78 is 1.85. The van der Waals surface area contributed by atoms with E-state index in [0.29, 0.717) is 11.6 Å². The number of piperidine rings is 1. The quantitative estimate of drug-likeness (QED) is 0.508. The second-order valence-corrected chi connectivity index (χ2v) is 8.00. The summed E-state index contributed by atoms with van der Waals surface area (Å²) in [7, 11) is 0. The van der Waals surface area contributed by atoms with E-state index in [1.54, 1.807) is 12.3 Å². The molecular formula is C24H24N8O. The third-order valence-corrected chi connectivity index (χ3v) is 5.89. The van der Waals surface area contributed by atoms with Crippen molar-refractivity contribution in [1.82, 2.24) is 29.7 Å². The lowest BCUT2D eigenvalue weighted by atomic mass is 9.96. The maximum atomic E-state index is 12.8. The molecule has 9 nitrogen and oxygen atoms in total. The number of imidazole rings is 1. The van der Waals surface area contributed by atoms with Gasteiger partial charge in [0.15, 0.2) is 5.82 Å². The predicted molar refractivity (Wildman–Crippen MR) is 125 cm³/mol. The maximum absolute atomic E-state index is 12.8. The van der Waals surface area contributed by atoms with Crippen molar-refractivity contribution in [3.05, 3.63) is 73.1 Å². The van der Waals surface area contributed by atoms with Gasteiger partial charge in [-0.25, -0.2) is 15.0 Å². The Kier molecular flexibility index (Phi) is 5.75. The molecule has 33 heavy (non-hydrogen) atoms. The number of anilines is 2. The van der Waals surface area contributed by atoms with Crippen LogP contribution in [0.25, 0.3) is 17.1 Å². The van der Waals surface area contributed by atoms with Crippen molar-refractivity contribution in [2.24, 2.45) is 5.92 Å². The highest BCUT2D eigenvalue weighted by molar-refractivity contribution is 5.92. The fraction of sp³-hybridized carbons (Fsp3) is 0.250. The second-order valence-electron chi connectivity index (χ2n) is 8.00. The first-order chi connectivity index (χ1) is 16.2. The molecule has 0 atom stereocenters. The Balaban J connectivity index is 1.18. The van der Waals surface area contributed by atoms with Crippen molar-refractivity contribution < 1.29 is 4.79 Å². The topological polar surface area (TPSA) is 102 Å². The number of aryl methyl sites for hydroxylation is 1. The Bertz CT molecular complexity index is 1230. The van der Waals surface area contributed by atoms with E-state index in [1.165, 1.54) is 6.33 Å². The lowest BCUT2D eigenvalue weighted by Crippen LogP contribution is -2.38. The zero-order valence-electron chi connectivity index (χ0n) is 18.3. The number of hydrogen-bond acceptors (Lipinski definition) is 7. The molecule has 1 aliphatic rings. The smallest absolute Gasteiger partial charge is 0.228 e. The minimum absolute atomic E-state index is 0.0211. The predicted octanol–water partition coefficient (Wildman–Crippen LogP) is 3.28. The summed E-state index contributed by atoms with van der Waals surface area (Å²) in [6.45, 7) is 3.40. The van der Waals surface area contributed by atoms with Crippen LogP contribution >= 0.6 is 0 Å². The summed E-state index contributed by atoms with van der Waals surface area (Å²) in [4.78, 5) is 27.7. The van der Waals surface area contributed by atoms with Crippen LogP contribution in [0.3, 0.4) is 0 Å². The van der Waals surface area contributed by atoms with Crippen LogP contribution in [0.5, 0.6) is 0 Å².